The molecule has 0 aromatic heterocycles. The summed E-state index contributed by atoms with van der Waals surface area (Å²) in [6.45, 7) is 2.88. The Hall–Kier alpha value is -2.49. The van der Waals surface area contributed by atoms with Crippen LogP contribution in [0.2, 0.25) is 0 Å². The summed E-state index contributed by atoms with van der Waals surface area (Å²) in [6, 6.07) is 15.4. The first-order valence-corrected chi connectivity index (χ1v) is 7.67. The molecule has 2 aromatic carbocycles. The van der Waals surface area contributed by atoms with Crippen LogP contribution < -0.4 is 15.4 Å². The van der Waals surface area contributed by atoms with Crippen LogP contribution in [0.5, 0.6) is 5.75 Å². The van der Waals surface area contributed by atoms with Crippen molar-refractivity contribution >= 4 is 11.6 Å². The number of hydrogen-bond donors (Lipinski definition) is 2. The van der Waals surface area contributed by atoms with Crippen LogP contribution in [0.3, 0.4) is 0 Å². The van der Waals surface area contributed by atoms with Gasteiger partial charge in [0.25, 0.3) is 5.91 Å². The third kappa shape index (κ3) is 3.06. The number of ether oxygens (including phenoxy) is 1. The van der Waals surface area contributed by atoms with E-state index in [2.05, 4.69) is 17.6 Å². The number of unbranched alkanes of at least 4 members (excludes halogenated alkanes) is 1. The summed E-state index contributed by atoms with van der Waals surface area (Å²) in [5.74, 6) is 0.808. The first-order valence-electron chi connectivity index (χ1n) is 7.67. The molecule has 22 heavy (non-hydrogen) atoms. The maximum atomic E-state index is 12.1. The van der Waals surface area contributed by atoms with E-state index >= 15 is 0 Å². The van der Waals surface area contributed by atoms with E-state index < -0.39 is 0 Å². The first kappa shape index (κ1) is 14.4. The Labute approximate surface area is 130 Å². The lowest BCUT2D eigenvalue weighted by molar-refractivity contribution is 0.0935. The SMILES string of the molecule is CCCCOc1ccc([C@H]2NC(=O)c3ccccc3N2)cc1. The Kier molecular flexibility index (Phi) is 4.28. The van der Waals surface area contributed by atoms with Gasteiger partial charge < -0.3 is 15.4 Å². The van der Waals surface area contributed by atoms with Gasteiger partial charge in [-0.25, -0.2) is 0 Å². The summed E-state index contributed by atoms with van der Waals surface area (Å²) in [4.78, 5) is 12.1. The third-order valence-corrected chi connectivity index (χ3v) is 3.73. The number of hydrogen-bond acceptors (Lipinski definition) is 3. The fourth-order valence-electron chi connectivity index (χ4n) is 2.46. The van der Waals surface area contributed by atoms with Crippen molar-refractivity contribution in [2.45, 2.75) is 25.9 Å². The number of anilines is 1. The lowest BCUT2D eigenvalue weighted by atomic mass is 10.1. The van der Waals surface area contributed by atoms with Gasteiger partial charge in [-0.15, -0.1) is 0 Å². The molecule has 1 amide bonds. The van der Waals surface area contributed by atoms with Gasteiger partial charge >= 0.3 is 0 Å². The van der Waals surface area contributed by atoms with E-state index in [1.807, 2.05) is 48.5 Å². The van der Waals surface area contributed by atoms with Crippen molar-refractivity contribution in [3.05, 3.63) is 59.7 Å². The summed E-state index contributed by atoms with van der Waals surface area (Å²) < 4.78 is 5.66. The van der Waals surface area contributed by atoms with E-state index in [1.165, 1.54) is 0 Å². The largest absolute Gasteiger partial charge is 0.494 e. The van der Waals surface area contributed by atoms with Crippen LogP contribution >= 0.6 is 0 Å². The minimum atomic E-state index is -0.216. The molecule has 0 unspecified atom stereocenters. The van der Waals surface area contributed by atoms with Crippen molar-refractivity contribution in [1.82, 2.24) is 5.32 Å². The van der Waals surface area contributed by atoms with Gasteiger partial charge in [0.2, 0.25) is 0 Å². The van der Waals surface area contributed by atoms with Gasteiger partial charge in [-0.05, 0) is 36.2 Å². The highest BCUT2D eigenvalue weighted by Crippen LogP contribution is 2.27. The molecule has 2 aromatic rings. The number of carbonyl (C=O) groups excluding carboxylic acids is 1. The Bertz CT molecular complexity index is 652. The predicted molar refractivity (Wildman–Crippen MR) is 87.1 cm³/mol. The van der Waals surface area contributed by atoms with E-state index in [0.29, 0.717) is 5.56 Å². The number of benzene rings is 2. The minimum absolute atomic E-state index is 0.0531. The Morgan fingerprint density at radius 1 is 1.05 bits per heavy atom. The highest BCUT2D eigenvalue weighted by atomic mass is 16.5. The standard InChI is InChI=1S/C18H20N2O2/c1-2-3-12-22-14-10-8-13(9-11-14)17-19-16-7-5-4-6-15(16)18(21)20-17/h4-11,17,19H,2-3,12H2,1H3,(H,20,21)/t17-/m1/s1. The highest BCUT2D eigenvalue weighted by molar-refractivity contribution is 6.01. The molecule has 114 valence electrons. The summed E-state index contributed by atoms with van der Waals surface area (Å²) in [5.41, 5.74) is 2.54. The zero-order valence-electron chi connectivity index (χ0n) is 12.6. The smallest absolute Gasteiger partial charge is 0.255 e. The number of fused-ring (bicyclic) bond motifs is 1. The van der Waals surface area contributed by atoms with E-state index in [-0.39, 0.29) is 12.1 Å². The van der Waals surface area contributed by atoms with Gasteiger partial charge in [-0.2, -0.15) is 0 Å². The molecule has 0 aliphatic carbocycles. The predicted octanol–water partition coefficient (Wildman–Crippen LogP) is 3.72. The lowest BCUT2D eigenvalue weighted by Gasteiger charge is -2.28. The molecule has 1 heterocycles. The second kappa shape index (κ2) is 6.52. The van der Waals surface area contributed by atoms with E-state index in [0.717, 1.165) is 36.4 Å². The van der Waals surface area contributed by atoms with Crippen LogP contribution in [-0.2, 0) is 0 Å². The molecule has 4 heteroatoms. The molecule has 0 spiro atoms. The van der Waals surface area contributed by atoms with Crippen molar-refractivity contribution in [1.29, 1.82) is 0 Å². The van der Waals surface area contributed by atoms with Crippen molar-refractivity contribution in [2.75, 3.05) is 11.9 Å². The van der Waals surface area contributed by atoms with Gasteiger partial charge in [0.1, 0.15) is 11.9 Å². The fraction of sp³-hybridized carbons (Fsp3) is 0.278. The lowest BCUT2D eigenvalue weighted by Crippen LogP contribution is -2.38. The van der Waals surface area contributed by atoms with Crippen LogP contribution in [0.4, 0.5) is 5.69 Å². The highest BCUT2D eigenvalue weighted by Gasteiger charge is 2.23. The number of nitrogens with one attached hydrogen (secondary N) is 2. The number of amides is 1. The molecule has 0 saturated carbocycles. The number of carbonyl (C=O) groups is 1. The summed E-state index contributed by atoms with van der Waals surface area (Å²) in [5, 5.41) is 6.31. The van der Waals surface area contributed by atoms with Crippen LogP contribution in [0.15, 0.2) is 48.5 Å². The number of rotatable bonds is 5. The van der Waals surface area contributed by atoms with Crippen LogP contribution in [-0.4, -0.2) is 12.5 Å². The molecule has 4 nitrogen and oxygen atoms in total. The molecule has 1 aliphatic rings. The molecule has 1 aliphatic heterocycles. The van der Waals surface area contributed by atoms with Gasteiger partial charge in [0, 0.05) is 5.69 Å². The topological polar surface area (TPSA) is 50.4 Å². The normalized spacial score (nSPS) is 16.4. The maximum absolute atomic E-state index is 12.1. The van der Waals surface area contributed by atoms with E-state index in [1.54, 1.807) is 0 Å². The van der Waals surface area contributed by atoms with Gasteiger partial charge in [-0.1, -0.05) is 37.6 Å². The van der Waals surface area contributed by atoms with Crippen LogP contribution in [0.25, 0.3) is 0 Å². The monoisotopic (exact) mass is 296 g/mol. The average Bonchev–Trinajstić information content (AvgIpc) is 2.56. The molecule has 0 fully saturated rings. The molecule has 0 radical (unpaired) electrons. The molecule has 1 atom stereocenters. The third-order valence-electron chi connectivity index (χ3n) is 3.73. The molecular formula is C18H20N2O2. The Balaban J connectivity index is 1.71. The maximum Gasteiger partial charge on any atom is 0.255 e. The van der Waals surface area contributed by atoms with E-state index in [9.17, 15) is 4.79 Å². The van der Waals surface area contributed by atoms with Crippen molar-refractivity contribution in [2.24, 2.45) is 0 Å². The van der Waals surface area contributed by atoms with Crippen LogP contribution in [0.1, 0.15) is 41.9 Å². The quantitative estimate of drug-likeness (QED) is 0.827. The molecule has 2 N–H and O–H groups in total. The van der Waals surface area contributed by atoms with Crippen molar-refractivity contribution < 1.29 is 9.53 Å². The van der Waals surface area contributed by atoms with Crippen molar-refractivity contribution in [3.63, 3.8) is 0 Å². The zero-order chi connectivity index (χ0) is 15.4. The zero-order valence-corrected chi connectivity index (χ0v) is 12.6. The molecular weight excluding hydrogens is 276 g/mol. The van der Waals surface area contributed by atoms with Gasteiger partial charge in [0.05, 0.1) is 12.2 Å². The second-order valence-corrected chi connectivity index (χ2v) is 5.37. The van der Waals surface area contributed by atoms with Gasteiger partial charge in [0.15, 0.2) is 0 Å². The molecule has 0 saturated heterocycles. The fourth-order valence-corrected chi connectivity index (χ4v) is 2.46. The Morgan fingerprint density at radius 2 is 1.82 bits per heavy atom. The Morgan fingerprint density at radius 3 is 2.59 bits per heavy atom. The van der Waals surface area contributed by atoms with E-state index in [4.69, 9.17) is 4.74 Å². The summed E-state index contributed by atoms with van der Waals surface area (Å²) in [6.07, 6.45) is 1.96. The summed E-state index contributed by atoms with van der Waals surface area (Å²) in [7, 11) is 0. The molecule has 0 bridgehead atoms. The molecule has 3 rings (SSSR count). The van der Waals surface area contributed by atoms with Crippen molar-refractivity contribution in [3.8, 4) is 5.75 Å². The first-order chi connectivity index (χ1) is 10.8. The minimum Gasteiger partial charge on any atom is -0.494 e. The summed E-state index contributed by atoms with van der Waals surface area (Å²) >= 11 is 0. The van der Waals surface area contributed by atoms with Gasteiger partial charge in [-0.3, -0.25) is 4.79 Å². The van der Waals surface area contributed by atoms with Crippen LogP contribution in [0, 0.1) is 0 Å². The number of para-hydroxylation sites is 1. The second-order valence-electron chi connectivity index (χ2n) is 5.37. The average molecular weight is 296 g/mol.